The minimum absolute atomic E-state index is 0.0303. The van der Waals surface area contributed by atoms with Crippen LogP contribution in [0.2, 0.25) is 0 Å². The summed E-state index contributed by atoms with van der Waals surface area (Å²) in [5, 5.41) is 31.8. The predicted octanol–water partition coefficient (Wildman–Crippen LogP) is 3.09. The molecule has 1 fully saturated rings. The van der Waals surface area contributed by atoms with Gasteiger partial charge in [0.05, 0.1) is 18.1 Å². The first kappa shape index (κ1) is 21.2. The Bertz CT molecular complexity index is 1200. The SMILES string of the molecule is N#C/C(=C/c1ccc(-c2ccc([N+](=O)[O-])cc2)o1)C(=O)Nc1nnc(N2CCOCC2)s1. The van der Waals surface area contributed by atoms with E-state index in [1.807, 2.05) is 11.0 Å². The van der Waals surface area contributed by atoms with E-state index in [4.69, 9.17) is 9.15 Å². The number of hydrogen-bond donors (Lipinski definition) is 1. The van der Waals surface area contributed by atoms with E-state index in [9.17, 15) is 20.2 Å². The van der Waals surface area contributed by atoms with Gasteiger partial charge >= 0.3 is 0 Å². The zero-order valence-electron chi connectivity index (χ0n) is 16.6. The van der Waals surface area contributed by atoms with Crippen molar-refractivity contribution in [2.45, 2.75) is 0 Å². The van der Waals surface area contributed by atoms with Gasteiger partial charge in [0.15, 0.2) is 0 Å². The van der Waals surface area contributed by atoms with Crippen molar-refractivity contribution in [2.24, 2.45) is 0 Å². The molecule has 0 bridgehead atoms. The van der Waals surface area contributed by atoms with Crippen molar-refractivity contribution < 1.29 is 18.9 Å². The molecular formula is C20H16N6O5S. The Labute approximate surface area is 185 Å². The number of morpholine rings is 1. The van der Waals surface area contributed by atoms with E-state index in [2.05, 4.69) is 15.5 Å². The molecule has 162 valence electrons. The van der Waals surface area contributed by atoms with Crippen LogP contribution >= 0.6 is 11.3 Å². The van der Waals surface area contributed by atoms with Crippen LogP contribution in [0, 0.1) is 21.4 Å². The molecule has 1 saturated heterocycles. The second kappa shape index (κ2) is 9.38. The third kappa shape index (κ3) is 4.80. The van der Waals surface area contributed by atoms with E-state index in [1.54, 1.807) is 24.3 Å². The van der Waals surface area contributed by atoms with Crippen LogP contribution in [0.4, 0.5) is 16.0 Å². The number of nitrogens with zero attached hydrogens (tertiary/aromatic N) is 5. The lowest BCUT2D eigenvalue weighted by Crippen LogP contribution is -2.36. The second-order valence-corrected chi connectivity index (χ2v) is 7.58. The van der Waals surface area contributed by atoms with Gasteiger partial charge < -0.3 is 14.1 Å². The molecule has 1 amide bonds. The molecule has 3 heterocycles. The Hall–Kier alpha value is -4.08. The molecular weight excluding hydrogens is 436 g/mol. The van der Waals surface area contributed by atoms with E-state index in [-0.39, 0.29) is 22.2 Å². The average Bonchev–Trinajstić information content (AvgIpc) is 3.48. The summed E-state index contributed by atoms with van der Waals surface area (Å²) >= 11 is 1.21. The molecule has 0 aliphatic carbocycles. The van der Waals surface area contributed by atoms with Crippen molar-refractivity contribution in [3.8, 4) is 17.4 Å². The molecule has 0 unspecified atom stereocenters. The third-order valence-electron chi connectivity index (χ3n) is 4.56. The van der Waals surface area contributed by atoms with Crippen LogP contribution in [0.5, 0.6) is 0 Å². The number of nitro benzene ring substituents is 1. The number of nitro groups is 1. The van der Waals surface area contributed by atoms with E-state index >= 15 is 0 Å². The number of furan rings is 1. The number of benzene rings is 1. The summed E-state index contributed by atoms with van der Waals surface area (Å²) in [6.45, 7) is 2.60. The van der Waals surface area contributed by atoms with E-state index in [1.165, 1.54) is 29.5 Å². The van der Waals surface area contributed by atoms with Crippen molar-refractivity contribution in [1.82, 2.24) is 10.2 Å². The number of rotatable bonds is 6. The van der Waals surface area contributed by atoms with Crippen LogP contribution in [0.25, 0.3) is 17.4 Å². The molecule has 2 aromatic heterocycles. The topological polar surface area (TPSA) is 147 Å². The zero-order chi connectivity index (χ0) is 22.5. The maximum absolute atomic E-state index is 12.5. The number of carbonyl (C=O) groups is 1. The Balaban J connectivity index is 1.45. The van der Waals surface area contributed by atoms with Gasteiger partial charge in [-0.15, -0.1) is 10.2 Å². The number of nitrogens with one attached hydrogen (secondary N) is 1. The molecule has 0 spiro atoms. The first-order chi connectivity index (χ1) is 15.5. The molecule has 11 nitrogen and oxygen atoms in total. The van der Waals surface area contributed by atoms with Gasteiger partial charge in [-0.05, 0) is 24.3 Å². The Morgan fingerprint density at radius 2 is 1.97 bits per heavy atom. The third-order valence-corrected chi connectivity index (χ3v) is 5.46. The van der Waals surface area contributed by atoms with Gasteiger partial charge in [-0.3, -0.25) is 20.2 Å². The summed E-state index contributed by atoms with van der Waals surface area (Å²) in [6.07, 6.45) is 1.31. The highest BCUT2D eigenvalue weighted by Gasteiger charge is 2.18. The monoisotopic (exact) mass is 452 g/mol. The van der Waals surface area contributed by atoms with Crippen LogP contribution in [-0.4, -0.2) is 47.3 Å². The maximum atomic E-state index is 12.5. The summed E-state index contributed by atoms with van der Waals surface area (Å²) in [6, 6.07) is 11.0. The molecule has 1 aliphatic rings. The highest BCUT2D eigenvalue weighted by molar-refractivity contribution is 7.19. The lowest BCUT2D eigenvalue weighted by molar-refractivity contribution is -0.384. The fourth-order valence-electron chi connectivity index (χ4n) is 2.94. The minimum atomic E-state index is -0.634. The Kier molecular flexibility index (Phi) is 6.20. The molecule has 32 heavy (non-hydrogen) atoms. The number of nitriles is 1. The normalized spacial score (nSPS) is 14.1. The smallest absolute Gasteiger partial charge is 0.269 e. The quantitative estimate of drug-likeness (QED) is 0.258. The second-order valence-electron chi connectivity index (χ2n) is 6.62. The number of aromatic nitrogens is 2. The van der Waals surface area contributed by atoms with Crippen molar-refractivity contribution in [1.29, 1.82) is 5.26 Å². The van der Waals surface area contributed by atoms with E-state index in [0.717, 1.165) is 0 Å². The highest BCUT2D eigenvalue weighted by Crippen LogP contribution is 2.27. The molecule has 3 aromatic rings. The van der Waals surface area contributed by atoms with Gasteiger partial charge in [-0.25, -0.2) is 0 Å². The van der Waals surface area contributed by atoms with Crippen LogP contribution < -0.4 is 10.2 Å². The van der Waals surface area contributed by atoms with Crippen LogP contribution in [0.1, 0.15) is 5.76 Å². The number of non-ortho nitro benzene ring substituents is 1. The lowest BCUT2D eigenvalue weighted by Gasteiger charge is -2.25. The minimum Gasteiger partial charge on any atom is -0.457 e. The van der Waals surface area contributed by atoms with Gasteiger partial charge in [0.25, 0.3) is 11.6 Å². The molecule has 4 rings (SSSR count). The van der Waals surface area contributed by atoms with Crippen molar-refractivity contribution in [3.63, 3.8) is 0 Å². The fourth-order valence-corrected chi connectivity index (χ4v) is 3.73. The summed E-state index contributed by atoms with van der Waals surface area (Å²) in [4.78, 5) is 24.8. The molecule has 1 N–H and O–H groups in total. The molecule has 12 heteroatoms. The molecule has 0 radical (unpaired) electrons. The number of amides is 1. The molecule has 1 aromatic carbocycles. The van der Waals surface area contributed by atoms with Crippen LogP contribution in [0.15, 0.2) is 46.4 Å². The maximum Gasteiger partial charge on any atom is 0.269 e. The van der Waals surface area contributed by atoms with Gasteiger partial charge in [-0.1, -0.05) is 11.3 Å². The zero-order valence-corrected chi connectivity index (χ0v) is 17.4. The van der Waals surface area contributed by atoms with Crippen molar-refractivity contribution in [2.75, 3.05) is 36.5 Å². The molecule has 0 atom stereocenters. The van der Waals surface area contributed by atoms with Gasteiger partial charge in [0.1, 0.15) is 23.2 Å². The van der Waals surface area contributed by atoms with Crippen molar-refractivity contribution in [3.05, 3.63) is 57.8 Å². The van der Waals surface area contributed by atoms with E-state index < -0.39 is 10.8 Å². The largest absolute Gasteiger partial charge is 0.457 e. The fraction of sp³-hybridized carbons (Fsp3) is 0.200. The first-order valence-corrected chi connectivity index (χ1v) is 10.3. The van der Waals surface area contributed by atoms with E-state index in [0.29, 0.717) is 42.8 Å². The summed E-state index contributed by atoms with van der Waals surface area (Å²) in [5.74, 6) is 0.102. The van der Waals surface area contributed by atoms with Gasteiger partial charge in [0, 0.05) is 36.9 Å². The standard InChI is InChI=1S/C20H16N6O5S/c21-12-14(18(27)22-19-23-24-20(32-19)25-7-9-30-10-8-25)11-16-5-6-17(31-16)13-1-3-15(4-2-13)26(28)29/h1-6,11H,7-10H2,(H,22,23,27)/b14-11-. The Morgan fingerprint density at radius 1 is 1.22 bits per heavy atom. The number of ether oxygens (including phenoxy) is 1. The van der Waals surface area contributed by atoms with Crippen LogP contribution in [-0.2, 0) is 9.53 Å². The average molecular weight is 452 g/mol. The number of hydrogen-bond acceptors (Lipinski definition) is 10. The molecule has 0 saturated carbocycles. The summed E-state index contributed by atoms with van der Waals surface area (Å²) in [5.41, 5.74) is 0.428. The first-order valence-electron chi connectivity index (χ1n) is 9.47. The highest BCUT2D eigenvalue weighted by atomic mass is 32.1. The van der Waals surface area contributed by atoms with Gasteiger partial charge in [0.2, 0.25) is 10.3 Å². The van der Waals surface area contributed by atoms with Gasteiger partial charge in [-0.2, -0.15) is 5.26 Å². The number of carbonyl (C=O) groups excluding carboxylic acids is 1. The Morgan fingerprint density at radius 3 is 2.66 bits per heavy atom. The number of anilines is 2. The lowest BCUT2D eigenvalue weighted by atomic mass is 10.1. The van der Waals surface area contributed by atoms with Crippen LogP contribution in [0.3, 0.4) is 0 Å². The summed E-state index contributed by atoms with van der Waals surface area (Å²) in [7, 11) is 0. The van der Waals surface area contributed by atoms with Crippen molar-refractivity contribution >= 4 is 39.3 Å². The molecule has 1 aliphatic heterocycles. The summed E-state index contributed by atoms with van der Waals surface area (Å²) < 4.78 is 11.0. The predicted molar refractivity (Wildman–Crippen MR) is 116 cm³/mol.